The quantitative estimate of drug-likeness (QED) is 0.779. The molecule has 100 valence electrons. The molecule has 1 rings (SSSR count). The van der Waals surface area contributed by atoms with Gasteiger partial charge in [-0.1, -0.05) is 13.8 Å². The zero-order valence-corrected chi connectivity index (χ0v) is 11.4. The minimum atomic E-state index is -0.543. The van der Waals surface area contributed by atoms with E-state index in [9.17, 15) is 4.79 Å². The van der Waals surface area contributed by atoms with Gasteiger partial charge in [0.25, 0.3) is 0 Å². The van der Waals surface area contributed by atoms with Crippen molar-refractivity contribution in [1.82, 2.24) is 15.0 Å². The molecule has 0 aromatic carbocycles. The van der Waals surface area contributed by atoms with Crippen LogP contribution >= 0.6 is 11.6 Å². The molecule has 1 heterocycles. The van der Waals surface area contributed by atoms with Gasteiger partial charge in [0.15, 0.2) is 0 Å². The van der Waals surface area contributed by atoms with Crippen LogP contribution in [-0.4, -0.2) is 41.1 Å². The van der Waals surface area contributed by atoms with Crippen LogP contribution in [0.5, 0.6) is 0 Å². The Morgan fingerprint density at radius 3 is 2.39 bits per heavy atom. The topological polar surface area (TPSA) is 89.0 Å². The van der Waals surface area contributed by atoms with Gasteiger partial charge in [-0.2, -0.15) is 15.0 Å². The average molecular weight is 274 g/mol. The van der Waals surface area contributed by atoms with Gasteiger partial charge in [-0.3, -0.25) is 0 Å². The zero-order chi connectivity index (χ0) is 13.7. The number of carbonyl (C=O) groups excluding carboxylic acids is 1. The number of methoxy groups -OCH3 is 1. The number of nitrogens with zero attached hydrogens (tertiary/aromatic N) is 3. The lowest BCUT2D eigenvalue weighted by Crippen LogP contribution is -2.36. The van der Waals surface area contributed by atoms with Crippen LogP contribution in [-0.2, 0) is 9.53 Å². The number of esters is 1. The first-order valence-corrected chi connectivity index (χ1v) is 5.79. The fourth-order valence-electron chi connectivity index (χ4n) is 1.29. The second kappa shape index (κ2) is 6.34. The van der Waals surface area contributed by atoms with Crippen LogP contribution in [0, 0.1) is 5.92 Å². The van der Waals surface area contributed by atoms with Gasteiger partial charge in [0.1, 0.15) is 6.04 Å². The van der Waals surface area contributed by atoms with E-state index in [2.05, 4.69) is 25.6 Å². The molecule has 0 saturated carbocycles. The Kier molecular flexibility index (Phi) is 5.08. The predicted octanol–water partition coefficient (Wildman–Crippen LogP) is 1.18. The highest BCUT2D eigenvalue weighted by molar-refractivity contribution is 6.28. The summed E-state index contributed by atoms with van der Waals surface area (Å²) >= 11 is 5.75. The van der Waals surface area contributed by atoms with E-state index in [0.717, 1.165) is 0 Å². The van der Waals surface area contributed by atoms with E-state index in [1.54, 1.807) is 7.05 Å². The number of halogens is 1. The summed E-state index contributed by atoms with van der Waals surface area (Å²) in [5.74, 6) is 0.187. The van der Waals surface area contributed by atoms with Gasteiger partial charge in [0.05, 0.1) is 7.11 Å². The van der Waals surface area contributed by atoms with E-state index in [1.807, 2.05) is 13.8 Å². The molecule has 2 N–H and O–H groups in total. The summed E-state index contributed by atoms with van der Waals surface area (Å²) in [6.45, 7) is 3.77. The first kappa shape index (κ1) is 14.4. The van der Waals surface area contributed by atoms with Gasteiger partial charge >= 0.3 is 5.97 Å². The van der Waals surface area contributed by atoms with Crippen LogP contribution < -0.4 is 10.6 Å². The Morgan fingerprint density at radius 1 is 1.28 bits per heavy atom. The third-order valence-corrected chi connectivity index (χ3v) is 2.41. The average Bonchev–Trinajstić information content (AvgIpc) is 2.34. The van der Waals surface area contributed by atoms with Gasteiger partial charge in [0.2, 0.25) is 17.2 Å². The highest BCUT2D eigenvalue weighted by Gasteiger charge is 2.24. The van der Waals surface area contributed by atoms with Crippen LogP contribution in [0.15, 0.2) is 0 Å². The largest absolute Gasteiger partial charge is 0.467 e. The standard InChI is InChI=1S/C10H16ClN5O2/c1-5(2)6(7(17)18-4)13-10-15-8(11)14-9(12-3)16-10/h5-6H,1-4H3,(H2,12,13,14,15,16). The molecule has 0 amide bonds. The van der Waals surface area contributed by atoms with Gasteiger partial charge in [-0.25, -0.2) is 4.79 Å². The van der Waals surface area contributed by atoms with E-state index >= 15 is 0 Å². The molecule has 0 spiro atoms. The van der Waals surface area contributed by atoms with Crippen LogP contribution in [0.1, 0.15) is 13.8 Å². The van der Waals surface area contributed by atoms with Crippen molar-refractivity contribution in [3.05, 3.63) is 5.28 Å². The summed E-state index contributed by atoms with van der Waals surface area (Å²) in [6, 6.07) is -0.543. The van der Waals surface area contributed by atoms with Crippen molar-refractivity contribution < 1.29 is 9.53 Å². The monoisotopic (exact) mass is 273 g/mol. The van der Waals surface area contributed by atoms with Gasteiger partial charge in [-0.05, 0) is 17.5 Å². The maximum absolute atomic E-state index is 11.6. The highest BCUT2D eigenvalue weighted by Crippen LogP contribution is 2.13. The summed E-state index contributed by atoms with van der Waals surface area (Å²) in [4.78, 5) is 23.4. The van der Waals surface area contributed by atoms with E-state index in [1.165, 1.54) is 7.11 Å². The number of hydrogen-bond acceptors (Lipinski definition) is 7. The maximum atomic E-state index is 11.6. The fraction of sp³-hybridized carbons (Fsp3) is 0.600. The van der Waals surface area contributed by atoms with Gasteiger partial charge in [0, 0.05) is 7.05 Å². The molecule has 0 bridgehead atoms. The predicted molar refractivity (Wildman–Crippen MR) is 68.6 cm³/mol. The minimum Gasteiger partial charge on any atom is -0.467 e. The maximum Gasteiger partial charge on any atom is 0.328 e. The summed E-state index contributed by atoms with van der Waals surface area (Å²) in [6.07, 6.45) is 0. The number of carbonyl (C=O) groups is 1. The van der Waals surface area contributed by atoms with E-state index in [-0.39, 0.29) is 23.1 Å². The molecule has 0 aliphatic rings. The van der Waals surface area contributed by atoms with Crippen LogP contribution in [0.3, 0.4) is 0 Å². The molecular weight excluding hydrogens is 258 g/mol. The lowest BCUT2D eigenvalue weighted by atomic mass is 10.1. The highest BCUT2D eigenvalue weighted by atomic mass is 35.5. The third kappa shape index (κ3) is 3.69. The molecule has 1 aromatic heterocycles. The Hall–Kier alpha value is -1.63. The van der Waals surface area contributed by atoms with E-state index < -0.39 is 6.04 Å². The summed E-state index contributed by atoms with van der Waals surface area (Å²) < 4.78 is 4.71. The lowest BCUT2D eigenvalue weighted by Gasteiger charge is -2.19. The molecule has 1 aromatic rings. The summed E-state index contributed by atoms with van der Waals surface area (Å²) in [5.41, 5.74) is 0. The molecule has 0 radical (unpaired) electrons. The molecule has 18 heavy (non-hydrogen) atoms. The molecule has 7 nitrogen and oxygen atoms in total. The van der Waals surface area contributed by atoms with Gasteiger partial charge < -0.3 is 15.4 Å². The number of rotatable bonds is 5. The van der Waals surface area contributed by atoms with E-state index in [4.69, 9.17) is 16.3 Å². The van der Waals surface area contributed by atoms with Crippen molar-refractivity contribution >= 4 is 29.5 Å². The molecule has 1 unspecified atom stereocenters. The lowest BCUT2D eigenvalue weighted by molar-refractivity contribution is -0.142. The number of hydrogen-bond donors (Lipinski definition) is 2. The molecule has 0 aliphatic carbocycles. The van der Waals surface area contributed by atoms with Crippen LogP contribution in [0.4, 0.5) is 11.9 Å². The molecule has 8 heteroatoms. The molecular formula is C10H16ClN5O2. The number of ether oxygens (including phenoxy) is 1. The van der Waals surface area contributed by atoms with Gasteiger partial charge in [-0.15, -0.1) is 0 Å². The molecule has 1 atom stereocenters. The number of anilines is 2. The van der Waals surface area contributed by atoms with Crippen molar-refractivity contribution in [2.24, 2.45) is 5.92 Å². The number of aromatic nitrogens is 3. The Bertz CT molecular complexity index is 427. The zero-order valence-electron chi connectivity index (χ0n) is 10.7. The summed E-state index contributed by atoms with van der Waals surface area (Å²) in [7, 11) is 2.99. The second-order valence-corrected chi connectivity index (χ2v) is 4.23. The Labute approximate surface area is 110 Å². The molecule has 0 saturated heterocycles. The number of nitrogens with one attached hydrogen (secondary N) is 2. The Balaban J connectivity index is 2.93. The van der Waals surface area contributed by atoms with Crippen molar-refractivity contribution in [3.8, 4) is 0 Å². The van der Waals surface area contributed by atoms with Crippen LogP contribution in [0.2, 0.25) is 5.28 Å². The van der Waals surface area contributed by atoms with Crippen molar-refractivity contribution in [1.29, 1.82) is 0 Å². The van der Waals surface area contributed by atoms with E-state index in [0.29, 0.717) is 5.95 Å². The third-order valence-electron chi connectivity index (χ3n) is 2.24. The SMILES string of the molecule is CNc1nc(Cl)nc(NC(C(=O)OC)C(C)C)n1. The van der Waals surface area contributed by atoms with Crippen molar-refractivity contribution in [2.75, 3.05) is 24.8 Å². The van der Waals surface area contributed by atoms with Crippen LogP contribution in [0.25, 0.3) is 0 Å². The molecule has 0 fully saturated rings. The smallest absolute Gasteiger partial charge is 0.328 e. The fourth-order valence-corrected chi connectivity index (χ4v) is 1.45. The van der Waals surface area contributed by atoms with Crippen molar-refractivity contribution in [2.45, 2.75) is 19.9 Å². The summed E-state index contributed by atoms with van der Waals surface area (Å²) in [5, 5.41) is 5.68. The first-order valence-electron chi connectivity index (χ1n) is 5.41. The molecule has 0 aliphatic heterocycles. The Morgan fingerprint density at radius 2 is 1.89 bits per heavy atom. The minimum absolute atomic E-state index is 0.0195. The normalized spacial score (nSPS) is 12.1. The first-order chi connectivity index (χ1) is 8.47. The second-order valence-electron chi connectivity index (χ2n) is 3.89. The van der Waals surface area contributed by atoms with Crippen molar-refractivity contribution in [3.63, 3.8) is 0 Å².